The Balaban J connectivity index is 2.35. The van der Waals surface area contributed by atoms with Crippen LogP contribution in [0.4, 0.5) is 10.6 Å². The lowest BCUT2D eigenvalue weighted by molar-refractivity contribution is -0.115. The number of rotatable bonds is 1. The average molecular weight is 235 g/mol. The Morgan fingerprint density at radius 1 is 1.54 bits per heavy atom. The molecule has 0 saturated carbocycles. The molecule has 1 aromatic rings. The van der Waals surface area contributed by atoms with E-state index in [9.17, 15) is 9.59 Å². The maximum atomic E-state index is 11.2. The Labute approximate surface area is 86.9 Å². The lowest BCUT2D eigenvalue weighted by Gasteiger charge is -2.07. The summed E-state index contributed by atoms with van der Waals surface area (Å²) in [5.41, 5.74) is 0. The summed E-state index contributed by atoms with van der Waals surface area (Å²) in [4.78, 5) is 27.3. The monoisotopic (exact) mass is 234 g/mol. The van der Waals surface area contributed by atoms with Crippen LogP contribution in [0.3, 0.4) is 0 Å². The van der Waals surface area contributed by atoms with Crippen molar-refractivity contribution in [3.63, 3.8) is 0 Å². The van der Waals surface area contributed by atoms with Crippen molar-refractivity contribution in [3.8, 4) is 0 Å². The van der Waals surface area contributed by atoms with Gasteiger partial charge in [-0.25, -0.2) is 9.88 Å². The maximum absolute atomic E-state index is 11.2. The minimum Gasteiger partial charge on any atom is -0.273 e. The molecule has 0 aliphatic carbocycles. The number of amides is 2. The maximum Gasteiger partial charge on any atom is 0.294 e. The first-order chi connectivity index (χ1) is 6.18. The van der Waals surface area contributed by atoms with E-state index in [0.29, 0.717) is 10.3 Å². The summed E-state index contributed by atoms with van der Waals surface area (Å²) in [6.07, 6.45) is 0. The molecular weight excluding hydrogens is 232 g/mol. The highest BCUT2D eigenvalue weighted by Crippen LogP contribution is 2.28. The highest BCUT2D eigenvalue weighted by atomic mass is 35.5. The number of hydrogen-bond acceptors (Lipinski definition) is 5. The van der Waals surface area contributed by atoms with Gasteiger partial charge in [0.15, 0.2) is 10.3 Å². The Bertz CT molecular complexity index is 362. The van der Waals surface area contributed by atoms with Crippen molar-refractivity contribution in [2.24, 2.45) is 0 Å². The number of halogens is 1. The Kier molecular flexibility index (Phi) is 2.27. The van der Waals surface area contributed by atoms with Crippen LogP contribution in [-0.2, 0) is 4.79 Å². The largest absolute Gasteiger partial charge is 0.294 e. The van der Waals surface area contributed by atoms with Gasteiger partial charge in [-0.15, -0.1) is 11.3 Å². The van der Waals surface area contributed by atoms with Gasteiger partial charge in [-0.05, 0) is 0 Å². The van der Waals surface area contributed by atoms with Gasteiger partial charge >= 0.3 is 0 Å². The number of thioether (sulfide) groups is 1. The molecule has 0 radical (unpaired) electrons. The topological polar surface area (TPSA) is 50.3 Å². The van der Waals surface area contributed by atoms with Crippen molar-refractivity contribution in [2.75, 3.05) is 10.7 Å². The van der Waals surface area contributed by atoms with E-state index in [0.717, 1.165) is 16.7 Å². The number of nitrogens with zero attached hydrogens (tertiary/aromatic N) is 2. The summed E-state index contributed by atoms with van der Waals surface area (Å²) >= 11 is 7.76. The molecule has 0 N–H and O–H groups in total. The van der Waals surface area contributed by atoms with E-state index in [1.165, 1.54) is 11.3 Å². The Morgan fingerprint density at radius 3 is 2.77 bits per heavy atom. The van der Waals surface area contributed by atoms with Gasteiger partial charge in [-0.1, -0.05) is 23.4 Å². The van der Waals surface area contributed by atoms with Crippen molar-refractivity contribution in [3.05, 3.63) is 9.85 Å². The van der Waals surface area contributed by atoms with Crippen molar-refractivity contribution in [2.45, 2.75) is 0 Å². The van der Waals surface area contributed by atoms with E-state index in [2.05, 4.69) is 4.98 Å². The second kappa shape index (κ2) is 3.28. The minimum absolute atomic E-state index is 0.188. The van der Waals surface area contributed by atoms with Gasteiger partial charge in [0.25, 0.3) is 5.24 Å². The lowest BCUT2D eigenvalue weighted by atomic mass is 10.5. The molecule has 68 valence electrons. The van der Waals surface area contributed by atoms with Gasteiger partial charge in [-0.2, -0.15) is 0 Å². The van der Waals surface area contributed by atoms with Crippen LogP contribution in [0.1, 0.15) is 0 Å². The standard InChI is InChI=1S/C6H3ClN2O2S2/c7-5-8-3(1-12-5)9-4(10)2-13-6(9)11/h1H,2H2. The molecule has 1 saturated heterocycles. The van der Waals surface area contributed by atoms with E-state index in [1.807, 2.05) is 0 Å². The number of thiazole rings is 1. The SMILES string of the molecule is O=C1CSC(=O)N1c1csc(Cl)n1. The molecule has 0 aromatic carbocycles. The second-order valence-corrected chi connectivity index (χ2v) is 4.61. The predicted molar refractivity (Wildman–Crippen MR) is 52.5 cm³/mol. The molecule has 13 heavy (non-hydrogen) atoms. The van der Waals surface area contributed by atoms with E-state index in [-0.39, 0.29) is 16.9 Å². The van der Waals surface area contributed by atoms with Crippen LogP contribution in [0.2, 0.25) is 4.47 Å². The van der Waals surface area contributed by atoms with Gasteiger partial charge < -0.3 is 0 Å². The second-order valence-electron chi connectivity index (χ2n) is 2.24. The number of carbonyl (C=O) groups excluding carboxylic acids is 2. The summed E-state index contributed by atoms with van der Waals surface area (Å²) < 4.78 is 0.326. The zero-order valence-electron chi connectivity index (χ0n) is 6.19. The quantitative estimate of drug-likeness (QED) is 0.746. The first-order valence-electron chi connectivity index (χ1n) is 3.29. The van der Waals surface area contributed by atoms with Crippen molar-refractivity contribution >= 4 is 51.7 Å². The minimum atomic E-state index is -0.285. The van der Waals surface area contributed by atoms with Crippen molar-refractivity contribution in [1.82, 2.24) is 4.98 Å². The van der Waals surface area contributed by atoms with Gasteiger partial charge in [0.05, 0.1) is 5.75 Å². The summed E-state index contributed by atoms with van der Waals surface area (Å²) in [5.74, 6) is 0.278. The van der Waals surface area contributed by atoms with Gasteiger partial charge in [-0.3, -0.25) is 9.59 Å². The smallest absolute Gasteiger partial charge is 0.273 e. The third kappa shape index (κ3) is 1.56. The zero-order chi connectivity index (χ0) is 9.42. The number of carbonyl (C=O) groups is 2. The molecule has 0 bridgehead atoms. The van der Waals surface area contributed by atoms with E-state index in [4.69, 9.17) is 11.6 Å². The molecule has 2 rings (SSSR count). The molecule has 1 aromatic heterocycles. The van der Waals surface area contributed by atoms with Crippen LogP contribution >= 0.6 is 34.7 Å². The van der Waals surface area contributed by atoms with Crippen LogP contribution in [0, 0.1) is 0 Å². The first-order valence-corrected chi connectivity index (χ1v) is 5.53. The molecule has 2 amide bonds. The molecule has 2 heterocycles. The highest BCUT2D eigenvalue weighted by molar-refractivity contribution is 8.15. The fourth-order valence-corrected chi connectivity index (χ4v) is 2.35. The zero-order valence-corrected chi connectivity index (χ0v) is 8.58. The average Bonchev–Trinajstić information content (AvgIpc) is 2.60. The first kappa shape index (κ1) is 8.98. The number of anilines is 1. The van der Waals surface area contributed by atoms with Crippen LogP contribution < -0.4 is 4.90 Å². The van der Waals surface area contributed by atoms with Crippen LogP contribution in [0.25, 0.3) is 0 Å². The van der Waals surface area contributed by atoms with E-state index in [1.54, 1.807) is 5.38 Å². The highest BCUT2D eigenvalue weighted by Gasteiger charge is 2.32. The molecule has 1 aliphatic rings. The molecule has 7 heteroatoms. The van der Waals surface area contributed by atoms with Crippen LogP contribution in [-0.4, -0.2) is 21.9 Å². The van der Waals surface area contributed by atoms with Crippen LogP contribution in [0.15, 0.2) is 5.38 Å². The molecule has 0 unspecified atom stereocenters. The predicted octanol–water partition coefficient (Wildman–Crippen LogP) is 2.00. The van der Waals surface area contributed by atoms with Gasteiger partial charge in [0, 0.05) is 5.38 Å². The Morgan fingerprint density at radius 2 is 2.31 bits per heavy atom. The molecular formula is C6H3ClN2O2S2. The lowest BCUT2D eigenvalue weighted by Crippen LogP contribution is -2.28. The van der Waals surface area contributed by atoms with Gasteiger partial charge in [0.2, 0.25) is 5.91 Å². The normalized spacial score (nSPS) is 17.2. The third-order valence-electron chi connectivity index (χ3n) is 1.44. The van der Waals surface area contributed by atoms with Crippen molar-refractivity contribution < 1.29 is 9.59 Å². The summed E-state index contributed by atoms with van der Waals surface area (Å²) in [6.45, 7) is 0. The van der Waals surface area contributed by atoms with Gasteiger partial charge in [0.1, 0.15) is 0 Å². The number of imide groups is 1. The van der Waals surface area contributed by atoms with Crippen LogP contribution in [0.5, 0.6) is 0 Å². The molecule has 1 fully saturated rings. The van der Waals surface area contributed by atoms with E-state index >= 15 is 0 Å². The van der Waals surface area contributed by atoms with Crippen molar-refractivity contribution in [1.29, 1.82) is 0 Å². The molecule has 4 nitrogen and oxygen atoms in total. The molecule has 0 spiro atoms. The molecule has 0 atom stereocenters. The summed E-state index contributed by atoms with van der Waals surface area (Å²) in [7, 11) is 0. The Hall–Kier alpha value is -0.590. The third-order valence-corrected chi connectivity index (χ3v) is 3.23. The fourth-order valence-electron chi connectivity index (χ4n) is 0.922. The number of hydrogen-bond donors (Lipinski definition) is 0. The van der Waals surface area contributed by atoms with E-state index < -0.39 is 0 Å². The number of aromatic nitrogens is 1. The summed E-state index contributed by atoms with van der Waals surface area (Å²) in [5, 5.41) is 1.30. The fraction of sp³-hybridized carbons (Fsp3) is 0.167. The summed E-state index contributed by atoms with van der Waals surface area (Å²) in [6, 6.07) is 0. The molecule has 1 aliphatic heterocycles.